The molecule has 0 saturated carbocycles. The normalized spacial score (nSPS) is 10.7. The van der Waals surface area contributed by atoms with Crippen LogP contribution in [0.1, 0.15) is 20.3 Å². The quantitative estimate of drug-likeness (QED) is 0.624. The standard InChI is InChI=1S/C8H18N2/c1-3-10(4-2)8-6-5-7-9/h6,8H,3-5,7,9H2,1-2H3. The van der Waals surface area contributed by atoms with Gasteiger partial charge in [0, 0.05) is 13.1 Å². The van der Waals surface area contributed by atoms with Crippen molar-refractivity contribution >= 4 is 0 Å². The van der Waals surface area contributed by atoms with E-state index in [1.807, 2.05) is 0 Å². The molecule has 60 valence electrons. The fourth-order valence-corrected chi connectivity index (χ4v) is 0.754. The second-order valence-corrected chi connectivity index (χ2v) is 2.18. The summed E-state index contributed by atoms with van der Waals surface area (Å²) in [6, 6.07) is 0. The summed E-state index contributed by atoms with van der Waals surface area (Å²) < 4.78 is 0. The maximum Gasteiger partial charge on any atom is 0.0143 e. The molecule has 0 spiro atoms. The van der Waals surface area contributed by atoms with E-state index in [1.54, 1.807) is 0 Å². The van der Waals surface area contributed by atoms with E-state index >= 15 is 0 Å². The molecule has 0 aliphatic rings. The van der Waals surface area contributed by atoms with Crippen LogP contribution in [-0.2, 0) is 0 Å². The van der Waals surface area contributed by atoms with Crippen molar-refractivity contribution in [3.05, 3.63) is 12.3 Å². The van der Waals surface area contributed by atoms with Gasteiger partial charge in [-0.3, -0.25) is 0 Å². The van der Waals surface area contributed by atoms with Crippen molar-refractivity contribution in [2.75, 3.05) is 19.6 Å². The van der Waals surface area contributed by atoms with Crippen LogP contribution in [0, 0.1) is 0 Å². The molecule has 2 nitrogen and oxygen atoms in total. The van der Waals surface area contributed by atoms with E-state index in [0.29, 0.717) is 0 Å². The van der Waals surface area contributed by atoms with Gasteiger partial charge in [-0.15, -0.1) is 0 Å². The van der Waals surface area contributed by atoms with Crippen molar-refractivity contribution in [2.45, 2.75) is 20.3 Å². The number of nitrogens with zero attached hydrogens (tertiary/aromatic N) is 1. The van der Waals surface area contributed by atoms with Crippen LogP contribution in [0.2, 0.25) is 0 Å². The number of hydrogen-bond donors (Lipinski definition) is 1. The summed E-state index contributed by atoms with van der Waals surface area (Å²) in [5.74, 6) is 0. The van der Waals surface area contributed by atoms with Crippen molar-refractivity contribution in [1.82, 2.24) is 4.90 Å². The predicted octanol–water partition coefficient (Wildman–Crippen LogP) is 1.19. The molecule has 2 N–H and O–H groups in total. The molecule has 2 heteroatoms. The highest BCUT2D eigenvalue weighted by molar-refractivity contribution is 4.81. The van der Waals surface area contributed by atoms with Crippen LogP contribution in [0.5, 0.6) is 0 Å². The van der Waals surface area contributed by atoms with E-state index in [4.69, 9.17) is 5.73 Å². The molecule has 0 unspecified atom stereocenters. The summed E-state index contributed by atoms with van der Waals surface area (Å²) in [5.41, 5.74) is 5.33. The van der Waals surface area contributed by atoms with Crippen LogP contribution in [0.15, 0.2) is 12.3 Å². The van der Waals surface area contributed by atoms with Gasteiger partial charge in [0.2, 0.25) is 0 Å². The lowest BCUT2D eigenvalue weighted by molar-refractivity contribution is 0.417. The highest BCUT2D eigenvalue weighted by Crippen LogP contribution is 1.89. The average molecular weight is 142 g/mol. The maximum absolute atomic E-state index is 5.33. The molecule has 0 amide bonds. The number of hydrogen-bond acceptors (Lipinski definition) is 2. The molecular formula is C8H18N2. The highest BCUT2D eigenvalue weighted by Gasteiger charge is 1.86. The van der Waals surface area contributed by atoms with Crippen molar-refractivity contribution in [2.24, 2.45) is 5.73 Å². The minimum absolute atomic E-state index is 0.748. The Morgan fingerprint density at radius 2 is 1.90 bits per heavy atom. The zero-order chi connectivity index (χ0) is 7.82. The zero-order valence-electron chi connectivity index (χ0n) is 7.01. The molecular weight excluding hydrogens is 124 g/mol. The first-order valence-electron chi connectivity index (χ1n) is 3.95. The number of nitrogens with two attached hydrogens (primary N) is 1. The van der Waals surface area contributed by atoms with Gasteiger partial charge >= 0.3 is 0 Å². The van der Waals surface area contributed by atoms with Crippen LogP contribution in [0.3, 0.4) is 0 Å². The minimum Gasteiger partial charge on any atom is -0.378 e. The van der Waals surface area contributed by atoms with Crippen LogP contribution >= 0.6 is 0 Å². The molecule has 0 rings (SSSR count). The van der Waals surface area contributed by atoms with Crippen LogP contribution in [0.25, 0.3) is 0 Å². The van der Waals surface area contributed by atoms with E-state index in [1.165, 1.54) is 0 Å². The lowest BCUT2D eigenvalue weighted by Crippen LogP contribution is -2.15. The first kappa shape index (κ1) is 9.50. The topological polar surface area (TPSA) is 29.3 Å². The molecule has 0 fully saturated rings. The molecule has 0 aromatic rings. The average Bonchev–Trinajstić information content (AvgIpc) is 1.99. The van der Waals surface area contributed by atoms with E-state index < -0.39 is 0 Å². The molecule has 0 aromatic heterocycles. The molecule has 0 aromatic carbocycles. The van der Waals surface area contributed by atoms with Crippen molar-refractivity contribution in [3.63, 3.8) is 0 Å². The molecule has 0 aliphatic heterocycles. The Hall–Kier alpha value is -0.500. The van der Waals surface area contributed by atoms with Gasteiger partial charge in [-0.25, -0.2) is 0 Å². The molecule has 10 heavy (non-hydrogen) atoms. The molecule has 0 bridgehead atoms. The monoisotopic (exact) mass is 142 g/mol. The summed E-state index contributed by atoms with van der Waals surface area (Å²) in [4.78, 5) is 2.25. The first-order valence-corrected chi connectivity index (χ1v) is 3.95. The van der Waals surface area contributed by atoms with Gasteiger partial charge in [0.25, 0.3) is 0 Å². The lowest BCUT2D eigenvalue weighted by Gasteiger charge is -2.14. The smallest absolute Gasteiger partial charge is 0.0143 e. The van der Waals surface area contributed by atoms with Gasteiger partial charge in [0.1, 0.15) is 0 Å². The fraction of sp³-hybridized carbons (Fsp3) is 0.750. The molecule has 0 aliphatic carbocycles. The second-order valence-electron chi connectivity index (χ2n) is 2.18. The second kappa shape index (κ2) is 6.62. The van der Waals surface area contributed by atoms with Crippen LogP contribution < -0.4 is 5.73 Å². The first-order chi connectivity index (χ1) is 4.85. The Labute approximate surface area is 63.7 Å². The maximum atomic E-state index is 5.33. The molecule has 0 saturated heterocycles. The van der Waals surface area contributed by atoms with Gasteiger partial charge in [0.05, 0.1) is 0 Å². The predicted molar refractivity (Wildman–Crippen MR) is 45.7 cm³/mol. The Kier molecular flexibility index (Phi) is 6.29. The molecule has 0 heterocycles. The SMILES string of the molecule is CCN(C=CCCN)CC. The Morgan fingerprint density at radius 1 is 1.30 bits per heavy atom. The summed E-state index contributed by atoms with van der Waals surface area (Å²) in [6.07, 6.45) is 5.22. The van der Waals surface area contributed by atoms with Crippen molar-refractivity contribution in [3.8, 4) is 0 Å². The van der Waals surface area contributed by atoms with Gasteiger partial charge in [-0.1, -0.05) is 6.08 Å². The zero-order valence-corrected chi connectivity index (χ0v) is 7.01. The van der Waals surface area contributed by atoms with Crippen LogP contribution in [0.4, 0.5) is 0 Å². The third kappa shape index (κ3) is 4.39. The molecule has 0 atom stereocenters. The third-order valence-corrected chi connectivity index (χ3v) is 1.46. The minimum atomic E-state index is 0.748. The van der Waals surface area contributed by atoms with E-state index in [-0.39, 0.29) is 0 Å². The van der Waals surface area contributed by atoms with Gasteiger partial charge in [-0.2, -0.15) is 0 Å². The summed E-state index contributed by atoms with van der Waals surface area (Å²) in [5, 5.41) is 0. The summed E-state index contributed by atoms with van der Waals surface area (Å²) in [6.45, 7) is 7.21. The van der Waals surface area contributed by atoms with Gasteiger partial charge in [-0.05, 0) is 33.0 Å². The van der Waals surface area contributed by atoms with Gasteiger partial charge < -0.3 is 10.6 Å². The highest BCUT2D eigenvalue weighted by atomic mass is 15.1. The molecule has 0 radical (unpaired) electrons. The largest absolute Gasteiger partial charge is 0.378 e. The Morgan fingerprint density at radius 3 is 2.30 bits per heavy atom. The van der Waals surface area contributed by atoms with Crippen LogP contribution in [-0.4, -0.2) is 24.5 Å². The van der Waals surface area contributed by atoms with Gasteiger partial charge in [0.15, 0.2) is 0 Å². The third-order valence-electron chi connectivity index (χ3n) is 1.46. The number of rotatable bonds is 5. The van der Waals surface area contributed by atoms with E-state index in [9.17, 15) is 0 Å². The Bertz CT molecular complexity index is 85.3. The van der Waals surface area contributed by atoms with Crippen molar-refractivity contribution < 1.29 is 0 Å². The van der Waals surface area contributed by atoms with E-state index in [0.717, 1.165) is 26.1 Å². The summed E-state index contributed by atoms with van der Waals surface area (Å²) in [7, 11) is 0. The summed E-state index contributed by atoms with van der Waals surface area (Å²) >= 11 is 0. The fourth-order valence-electron chi connectivity index (χ4n) is 0.754. The van der Waals surface area contributed by atoms with Crippen molar-refractivity contribution in [1.29, 1.82) is 0 Å². The van der Waals surface area contributed by atoms with E-state index in [2.05, 4.69) is 31.0 Å². The lowest BCUT2D eigenvalue weighted by atomic mass is 10.4. The Balaban J connectivity index is 3.40.